The molecule has 0 unspecified atom stereocenters. The number of nitrogens with zero attached hydrogens (tertiary/aromatic N) is 2. The van der Waals surface area contributed by atoms with Gasteiger partial charge in [0.1, 0.15) is 5.82 Å². The van der Waals surface area contributed by atoms with E-state index in [1.165, 1.54) is 32.4 Å². The van der Waals surface area contributed by atoms with Gasteiger partial charge in [0.25, 0.3) is 0 Å². The summed E-state index contributed by atoms with van der Waals surface area (Å²) in [7, 11) is 0. The van der Waals surface area contributed by atoms with Crippen LogP contribution in [-0.4, -0.2) is 40.0 Å². The molecule has 21 heavy (non-hydrogen) atoms. The number of aromatic amines is 1. The lowest BCUT2D eigenvalue weighted by Crippen LogP contribution is -2.44. The van der Waals surface area contributed by atoms with Crippen molar-refractivity contribution < 1.29 is 0 Å². The maximum Gasteiger partial charge on any atom is 0.151 e. The van der Waals surface area contributed by atoms with Gasteiger partial charge in [-0.05, 0) is 46.2 Å². The molecule has 0 spiro atoms. The zero-order chi connectivity index (χ0) is 15.2. The molecule has 1 aromatic heterocycles. The Morgan fingerprint density at radius 3 is 2.71 bits per heavy atom. The maximum atomic E-state index is 6.22. The molecule has 0 radical (unpaired) electrons. The van der Waals surface area contributed by atoms with Crippen LogP contribution in [0.25, 0.3) is 0 Å². The Kier molecular flexibility index (Phi) is 6.52. The van der Waals surface area contributed by atoms with Crippen molar-refractivity contribution in [3.63, 3.8) is 0 Å². The SMILES string of the molecule is CCCCc1nc(Cl)c(CNC2CCN(C(C)C)CC2)[nH]1. The van der Waals surface area contributed by atoms with Gasteiger partial charge in [0.15, 0.2) is 5.15 Å². The molecule has 1 saturated heterocycles. The number of hydrogen-bond acceptors (Lipinski definition) is 3. The summed E-state index contributed by atoms with van der Waals surface area (Å²) in [5.41, 5.74) is 1.04. The molecule has 0 atom stereocenters. The van der Waals surface area contributed by atoms with Gasteiger partial charge in [0.2, 0.25) is 0 Å². The van der Waals surface area contributed by atoms with Crippen molar-refractivity contribution in [3.05, 3.63) is 16.7 Å². The molecule has 0 aliphatic carbocycles. The molecule has 120 valence electrons. The minimum Gasteiger partial charge on any atom is -0.344 e. The van der Waals surface area contributed by atoms with E-state index in [1.807, 2.05) is 0 Å². The standard InChI is InChI=1S/C16H29ClN4/c1-4-5-6-15-19-14(16(17)20-15)11-18-13-7-9-21(10-8-13)12(2)3/h12-13,18H,4-11H2,1-3H3,(H,19,20). The third-order valence-corrected chi connectivity index (χ3v) is 4.68. The second kappa shape index (κ2) is 8.16. The van der Waals surface area contributed by atoms with Crippen LogP contribution in [-0.2, 0) is 13.0 Å². The number of piperidine rings is 1. The number of rotatable bonds is 7. The zero-order valence-corrected chi connectivity index (χ0v) is 14.3. The smallest absolute Gasteiger partial charge is 0.151 e. The highest BCUT2D eigenvalue weighted by Crippen LogP contribution is 2.17. The number of aromatic nitrogens is 2. The highest BCUT2D eigenvalue weighted by Gasteiger charge is 2.20. The summed E-state index contributed by atoms with van der Waals surface area (Å²) in [5, 5.41) is 4.26. The van der Waals surface area contributed by atoms with Crippen LogP contribution in [0, 0.1) is 0 Å². The van der Waals surface area contributed by atoms with Crippen molar-refractivity contribution in [3.8, 4) is 0 Å². The Balaban J connectivity index is 1.77. The molecule has 4 nitrogen and oxygen atoms in total. The predicted octanol–water partition coefficient (Wildman–Crippen LogP) is 3.37. The molecule has 1 fully saturated rings. The number of H-pyrrole nitrogens is 1. The molecular weight excluding hydrogens is 284 g/mol. The molecule has 0 aromatic carbocycles. The molecule has 2 N–H and O–H groups in total. The average Bonchev–Trinajstić information content (AvgIpc) is 2.83. The van der Waals surface area contributed by atoms with Crippen LogP contribution in [0.3, 0.4) is 0 Å². The second-order valence-electron chi connectivity index (χ2n) is 6.34. The quantitative estimate of drug-likeness (QED) is 0.811. The third-order valence-electron chi connectivity index (χ3n) is 4.37. The molecular formula is C16H29ClN4. The van der Waals surface area contributed by atoms with E-state index >= 15 is 0 Å². The van der Waals surface area contributed by atoms with Crippen molar-refractivity contribution in [1.29, 1.82) is 0 Å². The molecule has 0 bridgehead atoms. The van der Waals surface area contributed by atoms with Gasteiger partial charge in [-0.3, -0.25) is 0 Å². The minimum absolute atomic E-state index is 0.596. The normalized spacial score (nSPS) is 17.8. The zero-order valence-electron chi connectivity index (χ0n) is 13.6. The lowest BCUT2D eigenvalue weighted by molar-refractivity contribution is 0.160. The molecule has 0 saturated carbocycles. The lowest BCUT2D eigenvalue weighted by Gasteiger charge is -2.34. The van der Waals surface area contributed by atoms with E-state index < -0.39 is 0 Å². The number of aryl methyl sites for hydroxylation is 1. The molecule has 1 aliphatic heterocycles. The van der Waals surface area contributed by atoms with E-state index in [1.54, 1.807) is 0 Å². The molecule has 2 heterocycles. The van der Waals surface area contributed by atoms with Gasteiger partial charge < -0.3 is 15.2 Å². The minimum atomic E-state index is 0.596. The Labute approximate surface area is 133 Å². The summed E-state index contributed by atoms with van der Waals surface area (Å²) < 4.78 is 0. The first-order valence-electron chi connectivity index (χ1n) is 8.30. The van der Waals surface area contributed by atoms with Crippen molar-refractivity contribution in [2.75, 3.05) is 13.1 Å². The average molecular weight is 313 g/mol. The van der Waals surface area contributed by atoms with Crippen LogP contribution < -0.4 is 5.32 Å². The van der Waals surface area contributed by atoms with Crippen LogP contribution in [0.2, 0.25) is 5.15 Å². The Morgan fingerprint density at radius 1 is 1.38 bits per heavy atom. The predicted molar refractivity (Wildman–Crippen MR) is 88.8 cm³/mol. The monoisotopic (exact) mass is 312 g/mol. The number of nitrogens with one attached hydrogen (secondary N) is 2. The van der Waals surface area contributed by atoms with Gasteiger partial charge in [-0.1, -0.05) is 24.9 Å². The first-order chi connectivity index (χ1) is 10.1. The molecule has 1 aromatic rings. The summed E-state index contributed by atoms with van der Waals surface area (Å²) >= 11 is 6.22. The largest absolute Gasteiger partial charge is 0.344 e. The fraction of sp³-hybridized carbons (Fsp3) is 0.812. The van der Waals surface area contributed by atoms with Crippen molar-refractivity contribution in [2.45, 2.75) is 71.5 Å². The first-order valence-corrected chi connectivity index (χ1v) is 8.68. The summed E-state index contributed by atoms with van der Waals surface area (Å²) in [4.78, 5) is 10.3. The summed E-state index contributed by atoms with van der Waals surface area (Å²) in [5.74, 6) is 1.02. The Morgan fingerprint density at radius 2 is 2.10 bits per heavy atom. The van der Waals surface area contributed by atoms with E-state index in [4.69, 9.17) is 11.6 Å². The highest BCUT2D eigenvalue weighted by molar-refractivity contribution is 6.30. The molecule has 5 heteroatoms. The summed E-state index contributed by atoms with van der Waals surface area (Å²) in [6.45, 7) is 9.91. The number of imidazole rings is 1. The Bertz CT molecular complexity index is 422. The van der Waals surface area contributed by atoms with Crippen molar-refractivity contribution in [2.24, 2.45) is 0 Å². The van der Waals surface area contributed by atoms with Gasteiger partial charge in [-0.2, -0.15) is 0 Å². The lowest BCUT2D eigenvalue weighted by atomic mass is 10.0. The second-order valence-corrected chi connectivity index (χ2v) is 6.70. The van der Waals surface area contributed by atoms with Crippen LogP contribution in [0.15, 0.2) is 0 Å². The fourth-order valence-corrected chi connectivity index (χ4v) is 3.10. The van der Waals surface area contributed by atoms with Gasteiger partial charge >= 0.3 is 0 Å². The summed E-state index contributed by atoms with van der Waals surface area (Å²) in [6, 6.07) is 1.26. The number of halogens is 1. The first kappa shape index (κ1) is 16.8. The number of hydrogen-bond donors (Lipinski definition) is 2. The molecule has 2 rings (SSSR count). The van der Waals surface area contributed by atoms with E-state index in [9.17, 15) is 0 Å². The summed E-state index contributed by atoms with van der Waals surface area (Å²) in [6.07, 6.45) is 5.76. The van der Waals surface area contributed by atoms with Gasteiger partial charge in [-0.25, -0.2) is 4.98 Å². The van der Waals surface area contributed by atoms with Crippen molar-refractivity contribution >= 4 is 11.6 Å². The van der Waals surface area contributed by atoms with E-state index in [0.29, 0.717) is 17.2 Å². The van der Waals surface area contributed by atoms with Crippen LogP contribution >= 0.6 is 11.6 Å². The van der Waals surface area contributed by atoms with Gasteiger partial charge in [0.05, 0.1) is 5.69 Å². The topological polar surface area (TPSA) is 44.0 Å². The molecule has 1 aliphatic rings. The van der Waals surface area contributed by atoms with E-state index in [0.717, 1.165) is 30.9 Å². The number of likely N-dealkylation sites (tertiary alicyclic amines) is 1. The molecule has 0 amide bonds. The van der Waals surface area contributed by atoms with Gasteiger partial charge in [0, 0.05) is 25.0 Å². The fourth-order valence-electron chi connectivity index (χ4n) is 2.89. The van der Waals surface area contributed by atoms with Crippen LogP contribution in [0.5, 0.6) is 0 Å². The van der Waals surface area contributed by atoms with E-state index in [-0.39, 0.29) is 0 Å². The third kappa shape index (κ3) is 4.97. The maximum absolute atomic E-state index is 6.22. The van der Waals surface area contributed by atoms with Crippen molar-refractivity contribution in [1.82, 2.24) is 20.2 Å². The highest BCUT2D eigenvalue weighted by atomic mass is 35.5. The van der Waals surface area contributed by atoms with E-state index in [2.05, 4.69) is 41.0 Å². The van der Waals surface area contributed by atoms with Crippen LogP contribution in [0.4, 0.5) is 0 Å². The Hall–Kier alpha value is -0.580. The van der Waals surface area contributed by atoms with Crippen LogP contribution in [0.1, 0.15) is 58.0 Å². The van der Waals surface area contributed by atoms with Gasteiger partial charge in [-0.15, -0.1) is 0 Å². The number of unbranched alkanes of at least 4 members (excludes halogenated alkanes) is 1.